The minimum atomic E-state index is -0.157. The summed E-state index contributed by atoms with van der Waals surface area (Å²) in [6.07, 6.45) is 1.73. The highest BCUT2D eigenvalue weighted by Crippen LogP contribution is 2.35. The van der Waals surface area contributed by atoms with Gasteiger partial charge in [0.2, 0.25) is 5.78 Å². The molecule has 0 amide bonds. The minimum absolute atomic E-state index is 0.0910. The van der Waals surface area contributed by atoms with Crippen LogP contribution < -0.4 is 9.47 Å². The fraction of sp³-hybridized carbons (Fsp3) is 0.0476. The molecule has 0 aliphatic carbocycles. The lowest BCUT2D eigenvalue weighted by atomic mass is 10.1. The Hall–Kier alpha value is -2.70. The average molecular weight is 441 g/mol. The van der Waals surface area contributed by atoms with E-state index in [0.717, 1.165) is 9.35 Å². The molecule has 2 heterocycles. The zero-order valence-corrected chi connectivity index (χ0v) is 16.4. The number of benzene rings is 2. The largest absolute Gasteiger partial charge is 0.485 e. The maximum Gasteiger partial charge on any atom is 0.232 e. The summed E-state index contributed by atoms with van der Waals surface area (Å²) in [6.45, 7) is -0.0910. The van der Waals surface area contributed by atoms with Crippen molar-refractivity contribution in [2.75, 3.05) is 6.61 Å². The van der Waals surface area contributed by atoms with Crippen molar-refractivity contribution in [3.8, 4) is 11.5 Å². The normalized spacial score (nSPS) is 14.1. The summed E-state index contributed by atoms with van der Waals surface area (Å²) < 4.78 is 12.2. The number of hydrogen-bond acceptors (Lipinski definition) is 5. The second-order valence-corrected chi connectivity index (χ2v) is 7.73. The van der Waals surface area contributed by atoms with Crippen LogP contribution in [0, 0.1) is 0 Å². The van der Waals surface area contributed by atoms with Gasteiger partial charge < -0.3 is 9.47 Å². The van der Waals surface area contributed by atoms with Crippen LogP contribution in [0.15, 0.2) is 70.2 Å². The predicted octanol–water partition coefficient (Wildman–Crippen LogP) is 5.39. The Morgan fingerprint density at radius 2 is 1.96 bits per heavy atom. The van der Waals surface area contributed by atoms with Gasteiger partial charge in [-0.15, -0.1) is 11.3 Å². The molecule has 0 bridgehead atoms. The van der Waals surface area contributed by atoms with Crippen molar-refractivity contribution < 1.29 is 19.1 Å². The predicted molar refractivity (Wildman–Crippen MR) is 108 cm³/mol. The molecule has 6 heteroatoms. The number of thiophene rings is 1. The summed E-state index contributed by atoms with van der Waals surface area (Å²) in [5.74, 6) is 0.922. The number of rotatable bonds is 5. The number of ether oxygens (including phenoxy) is 2. The molecule has 0 unspecified atom stereocenters. The number of allylic oxidation sites excluding steroid dienone is 1. The molecule has 0 fully saturated rings. The molecule has 0 radical (unpaired) electrons. The molecule has 0 saturated carbocycles. The lowest BCUT2D eigenvalue weighted by Crippen LogP contribution is -2.11. The van der Waals surface area contributed by atoms with Gasteiger partial charge in [-0.1, -0.05) is 34.1 Å². The van der Waals surface area contributed by atoms with Crippen molar-refractivity contribution in [1.82, 2.24) is 0 Å². The lowest BCUT2D eigenvalue weighted by molar-refractivity contribution is 0.0921. The highest BCUT2D eigenvalue weighted by Gasteiger charge is 2.27. The van der Waals surface area contributed by atoms with Gasteiger partial charge in [0.15, 0.2) is 18.1 Å². The van der Waals surface area contributed by atoms with Crippen molar-refractivity contribution in [3.05, 3.63) is 86.2 Å². The molecule has 2 aromatic carbocycles. The van der Waals surface area contributed by atoms with E-state index in [4.69, 9.17) is 9.47 Å². The van der Waals surface area contributed by atoms with Crippen molar-refractivity contribution >= 4 is 44.9 Å². The molecule has 27 heavy (non-hydrogen) atoms. The van der Waals surface area contributed by atoms with Gasteiger partial charge in [-0.2, -0.15) is 0 Å². The Bertz CT molecular complexity index is 1040. The smallest absolute Gasteiger partial charge is 0.232 e. The van der Waals surface area contributed by atoms with Gasteiger partial charge in [0.05, 0.1) is 5.56 Å². The van der Waals surface area contributed by atoms with Crippen LogP contribution in [0.25, 0.3) is 6.08 Å². The van der Waals surface area contributed by atoms with E-state index < -0.39 is 0 Å². The molecule has 4 nitrogen and oxygen atoms in total. The van der Waals surface area contributed by atoms with Crippen LogP contribution in [-0.2, 0) is 0 Å². The molecule has 1 aromatic heterocycles. The van der Waals surface area contributed by atoms with E-state index in [1.165, 1.54) is 11.3 Å². The zero-order valence-electron chi connectivity index (χ0n) is 14.0. The maximum absolute atomic E-state index is 12.4. The SMILES string of the molecule is O=C(COc1ccc2c(c1)O/C(=C\c1cccs1)C2=O)c1ccc(Br)cc1. The molecular weight excluding hydrogens is 428 g/mol. The Balaban J connectivity index is 1.46. The Labute approximate surface area is 168 Å². The van der Waals surface area contributed by atoms with Crippen LogP contribution in [0.3, 0.4) is 0 Å². The van der Waals surface area contributed by atoms with Gasteiger partial charge in [-0.3, -0.25) is 9.59 Å². The first-order valence-electron chi connectivity index (χ1n) is 8.13. The topological polar surface area (TPSA) is 52.6 Å². The van der Waals surface area contributed by atoms with Crippen molar-refractivity contribution in [2.45, 2.75) is 0 Å². The van der Waals surface area contributed by atoms with Crippen LogP contribution in [0.4, 0.5) is 0 Å². The quantitative estimate of drug-likeness (QED) is 0.394. The zero-order chi connectivity index (χ0) is 18.8. The summed E-state index contributed by atoms with van der Waals surface area (Å²) in [5, 5.41) is 1.94. The van der Waals surface area contributed by atoms with Gasteiger partial charge in [-0.25, -0.2) is 0 Å². The van der Waals surface area contributed by atoms with Gasteiger partial charge in [-0.05, 0) is 35.7 Å². The fourth-order valence-electron chi connectivity index (χ4n) is 2.63. The summed E-state index contributed by atoms with van der Waals surface area (Å²) in [6, 6.07) is 15.9. The fourth-order valence-corrected chi connectivity index (χ4v) is 3.54. The second-order valence-electron chi connectivity index (χ2n) is 5.83. The molecule has 0 atom stereocenters. The highest BCUT2D eigenvalue weighted by molar-refractivity contribution is 9.10. The van der Waals surface area contributed by atoms with Gasteiger partial charge >= 0.3 is 0 Å². The first kappa shape index (κ1) is 17.7. The lowest BCUT2D eigenvalue weighted by Gasteiger charge is -2.07. The third-order valence-corrected chi connectivity index (χ3v) is 5.34. The van der Waals surface area contributed by atoms with E-state index in [9.17, 15) is 9.59 Å². The number of hydrogen-bond donors (Lipinski definition) is 0. The summed E-state index contributed by atoms with van der Waals surface area (Å²) in [7, 11) is 0. The van der Waals surface area contributed by atoms with Gasteiger partial charge in [0, 0.05) is 27.1 Å². The van der Waals surface area contributed by atoms with Crippen LogP contribution >= 0.6 is 27.3 Å². The molecule has 1 aliphatic rings. The minimum Gasteiger partial charge on any atom is -0.485 e. The molecule has 0 saturated heterocycles. The molecule has 3 aromatic rings. The van der Waals surface area contributed by atoms with E-state index in [1.54, 1.807) is 36.4 Å². The number of carbonyl (C=O) groups is 2. The van der Waals surface area contributed by atoms with Crippen LogP contribution in [0.5, 0.6) is 11.5 Å². The monoisotopic (exact) mass is 440 g/mol. The molecule has 0 spiro atoms. The Kier molecular flexibility index (Phi) is 4.92. The maximum atomic E-state index is 12.4. The number of ketones is 2. The van der Waals surface area contributed by atoms with Crippen molar-refractivity contribution in [2.24, 2.45) is 0 Å². The van der Waals surface area contributed by atoms with Gasteiger partial charge in [0.25, 0.3) is 0 Å². The molecule has 0 N–H and O–H groups in total. The molecule has 1 aliphatic heterocycles. The van der Waals surface area contributed by atoms with E-state index in [-0.39, 0.29) is 23.9 Å². The number of halogens is 1. The van der Waals surface area contributed by atoms with Crippen molar-refractivity contribution in [3.63, 3.8) is 0 Å². The Morgan fingerprint density at radius 1 is 1.15 bits per heavy atom. The molecule has 4 rings (SSSR count). The number of carbonyl (C=O) groups excluding carboxylic acids is 2. The number of Topliss-reactive ketones (excluding diaryl/α,β-unsaturated/α-hetero) is 2. The molecule has 134 valence electrons. The third-order valence-electron chi connectivity index (χ3n) is 3.99. The first-order valence-corrected chi connectivity index (χ1v) is 9.81. The van der Waals surface area contributed by atoms with Crippen LogP contribution in [0.2, 0.25) is 0 Å². The standard InChI is InChI=1S/C21H13BrO4S/c22-14-5-3-13(4-6-14)18(23)12-25-15-7-8-17-19(10-15)26-20(21(17)24)11-16-2-1-9-27-16/h1-11H,12H2/b20-11-. The van der Waals surface area contributed by atoms with E-state index in [1.807, 2.05) is 29.6 Å². The summed E-state index contributed by atoms with van der Waals surface area (Å²) in [4.78, 5) is 25.6. The Morgan fingerprint density at radius 3 is 2.70 bits per heavy atom. The highest BCUT2D eigenvalue weighted by atomic mass is 79.9. The average Bonchev–Trinajstić information content (AvgIpc) is 3.29. The van der Waals surface area contributed by atoms with Crippen LogP contribution in [0.1, 0.15) is 25.6 Å². The van der Waals surface area contributed by atoms with Crippen molar-refractivity contribution in [1.29, 1.82) is 0 Å². The summed E-state index contributed by atoms with van der Waals surface area (Å²) in [5.41, 5.74) is 1.07. The first-order chi connectivity index (χ1) is 13.1. The van der Waals surface area contributed by atoms with E-state index >= 15 is 0 Å². The molecular formula is C21H13BrO4S. The third kappa shape index (κ3) is 3.86. The number of fused-ring (bicyclic) bond motifs is 1. The second kappa shape index (κ2) is 7.50. The van der Waals surface area contributed by atoms with Crippen LogP contribution in [-0.4, -0.2) is 18.2 Å². The van der Waals surface area contributed by atoms with Gasteiger partial charge in [0.1, 0.15) is 11.5 Å². The van der Waals surface area contributed by atoms with E-state index in [0.29, 0.717) is 22.6 Å². The van der Waals surface area contributed by atoms with E-state index in [2.05, 4.69) is 15.9 Å². The summed E-state index contributed by atoms with van der Waals surface area (Å²) >= 11 is 4.87.